The fourth-order valence-corrected chi connectivity index (χ4v) is 10.7. The fourth-order valence-electron chi connectivity index (χ4n) is 10.7. The topological polar surface area (TPSA) is 237 Å². The molecule has 3 aliphatic rings. The first-order valence-electron chi connectivity index (χ1n) is 24.7. The molecule has 3 aliphatic heterocycles. The third kappa shape index (κ3) is 10.1. The summed E-state index contributed by atoms with van der Waals surface area (Å²) in [5, 5.41) is 27.3. The number of urea groups is 1. The van der Waals surface area contributed by atoms with Gasteiger partial charge in [-0.05, 0) is 52.4 Å². The number of nitrogens with one attached hydrogen (secondary N) is 2. The number of hydrogen-bond acceptors (Lipinski definition) is 15. The first-order valence-corrected chi connectivity index (χ1v) is 24.7. The molecule has 0 aromatic heterocycles. The van der Waals surface area contributed by atoms with E-state index in [4.69, 9.17) is 23.7 Å². The van der Waals surface area contributed by atoms with Gasteiger partial charge in [-0.1, -0.05) is 135 Å². The lowest BCUT2D eigenvalue weighted by atomic mass is 9.65. The van der Waals surface area contributed by atoms with Gasteiger partial charge in [-0.3, -0.25) is 28.9 Å². The summed E-state index contributed by atoms with van der Waals surface area (Å²) >= 11 is 0. The summed E-state index contributed by atoms with van der Waals surface area (Å²) in [5.74, 6) is -3.12. The Morgan fingerprint density at radius 1 is 0.763 bits per heavy atom. The van der Waals surface area contributed by atoms with Gasteiger partial charge in [0.2, 0.25) is 11.8 Å². The Labute approximate surface area is 439 Å². The Bertz CT molecular complexity index is 3020. The summed E-state index contributed by atoms with van der Waals surface area (Å²) < 4.78 is 27.6. The Morgan fingerprint density at radius 3 is 1.99 bits per heavy atom. The highest BCUT2D eigenvalue weighted by atomic mass is 16.6. The Morgan fingerprint density at radius 2 is 1.37 bits per heavy atom. The molecule has 18 heteroatoms. The van der Waals surface area contributed by atoms with Crippen molar-refractivity contribution in [3.05, 3.63) is 167 Å². The van der Waals surface area contributed by atoms with Crippen LogP contribution in [0.25, 0.3) is 0 Å². The second-order valence-corrected chi connectivity index (χ2v) is 18.7. The number of para-hydroxylation sites is 1. The van der Waals surface area contributed by atoms with Crippen molar-refractivity contribution in [1.82, 2.24) is 15.5 Å². The van der Waals surface area contributed by atoms with Crippen LogP contribution in [-0.4, -0.2) is 110 Å². The molecule has 0 radical (unpaired) electrons. The molecule has 2 fully saturated rings. The summed E-state index contributed by atoms with van der Waals surface area (Å²) in [6.45, 7) is 2.34. The van der Waals surface area contributed by atoms with E-state index in [0.29, 0.717) is 16.7 Å². The van der Waals surface area contributed by atoms with Crippen LogP contribution in [0.2, 0.25) is 0 Å². The highest BCUT2D eigenvalue weighted by Crippen LogP contribution is 2.66. The summed E-state index contributed by atoms with van der Waals surface area (Å²) in [6.07, 6.45) is -2.69. The molecule has 394 valence electrons. The number of esters is 4. The molecular formula is C58H58N4O14. The average molecular weight is 1040 g/mol. The zero-order chi connectivity index (χ0) is 54.3. The second-order valence-electron chi connectivity index (χ2n) is 18.7. The minimum absolute atomic E-state index is 0.0343. The van der Waals surface area contributed by atoms with Crippen molar-refractivity contribution in [1.29, 1.82) is 0 Å². The van der Waals surface area contributed by atoms with Crippen LogP contribution in [0.3, 0.4) is 0 Å². The maximum atomic E-state index is 16.8. The zero-order valence-corrected chi connectivity index (χ0v) is 42.4. The Kier molecular flexibility index (Phi) is 16.6. The standard InChI is InChI=1S/C58H58N4O14/c1-34(2)46(54(68)74-5)60-57(71)61-42-29-28-35(18-17-26-40(52(66)72-3)53(67)73-4)32-41(42)58(56(61)70)45(51(65)59-33-43(64)36-19-9-6-10-20-36)48-55(69)76-49(38-23-13-8-14-24-38)47(37-21-11-7-12-22-37)62(48)50(58)39-25-15-16-27-44(39)75-31-30-63/h6-16,19-25,27-29,32,34,40,43,45-50,63-64H,26,30-31,33H2,1-5H3,(H,59,65)(H,60,71)/t43-,45+,46-,47+,48+,49-,50-,58+/m0/s1. The molecule has 0 aliphatic carbocycles. The molecule has 0 bridgehead atoms. The lowest BCUT2D eigenvalue weighted by Gasteiger charge is -2.46. The van der Waals surface area contributed by atoms with E-state index in [1.54, 1.807) is 97.6 Å². The van der Waals surface area contributed by atoms with Gasteiger partial charge >= 0.3 is 29.9 Å². The first kappa shape index (κ1) is 53.9. The minimum atomic E-state index is -2.35. The number of ether oxygens (including phenoxy) is 5. The number of hydrogen-bond donors (Lipinski definition) is 4. The molecule has 4 amide bonds. The monoisotopic (exact) mass is 1030 g/mol. The smallest absolute Gasteiger partial charge is 0.329 e. The van der Waals surface area contributed by atoms with E-state index in [1.165, 1.54) is 18.2 Å². The lowest BCUT2D eigenvalue weighted by Crippen LogP contribution is -2.58. The number of imide groups is 1. The molecule has 4 N–H and O–H groups in total. The van der Waals surface area contributed by atoms with Gasteiger partial charge in [0.25, 0.3) is 0 Å². The average Bonchev–Trinajstić information content (AvgIpc) is 3.85. The van der Waals surface area contributed by atoms with Gasteiger partial charge in [0.1, 0.15) is 36.0 Å². The van der Waals surface area contributed by atoms with Crippen molar-refractivity contribution in [2.24, 2.45) is 17.8 Å². The molecule has 1 spiro atoms. The molecule has 0 unspecified atom stereocenters. The van der Waals surface area contributed by atoms with Crippen LogP contribution in [0, 0.1) is 29.6 Å². The lowest BCUT2D eigenvalue weighted by molar-refractivity contribution is -0.178. The molecular weight excluding hydrogens is 977 g/mol. The summed E-state index contributed by atoms with van der Waals surface area (Å²) in [5.41, 5.74) is -0.248. The van der Waals surface area contributed by atoms with E-state index >= 15 is 19.2 Å². The van der Waals surface area contributed by atoms with Gasteiger partial charge in [0, 0.05) is 24.1 Å². The molecule has 5 aromatic rings. The van der Waals surface area contributed by atoms with Crippen molar-refractivity contribution in [2.75, 3.05) is 46.0 Å². The molecule has 2 saturated heterocycles. The summed E-state index contributed by atoms with van der Waals surface area (Å²) in [6, 6.07) is 31.4. The number of aliphatic hydroxyl groups excluding tert-OH is 2. The third-order valence-corrected chi connectivity index (χ3v) is 14.1. The normalized spacial score (nSPS) is 21.3. The number of morpholine rings is 1. The number of anilines is 1. The maximum absolute atomic E-state index is 16.8. The largest absolute Gasteiger partial charge is 0.491 e. The number of carbonyl (C=O) groups excluding carboxylic acids is 7. The van der Waals surface area contributed by atoms with E-state index in [2.05, 4.69) is 22.5 Å². The number of amides is 4. The van der Waals surface area contributed by atoms with Gasteiger partial charge in [0.05, 0.1) is 57.7 Å². The first-order chi connectivity index (χ1) is 36.7. The van der Waals surface area contributed by atoms with Crippen molar-refractivity contribution >= 4 is 47.4 Å². The Balaban J connectivity index is 1.46. The zero-order valence-electron chi connectivity index (χ0n) is 42.4. The third-order valence-electron chi connectivity index (χ3n) is 14.1. The molecule has 5 aromatic carbocycles. The van der Waals surface area contributed by atoms with Gasteiger partial charge in [0.15, 0.2) is 5.92 Å². The SMILES string of the molecule is COC(=O)C(CC#Cc1ccc2c(c1)[C@]1(C(=O)N2C(=O)N[C@H](C(=O)OC)C(C)C)[C@H](c2ccccc2OCCO)N2[C@H](c3ccccc3)[C@H](c3ccccc3)OC(=O)[C@H]2[C@@H]1C(=O)NC[C@H](O)c1ccccc1)C(=O)OC. The highest BCUT2D eigenvalue weighted by molar-refractivity contribution is 6.25. The fraction of sp³-hybridized carbons (Fsp3) is 0.328. The van der Waals surface area contributed by atoms with Crippen molar-refractivity contribution < 1.29 is 67.5 Å². The van der Waals surface area contributed by atoms with Crippen LogP contribution in [0.1, 0.15) is 77.9 Å². The molecule has 0 saturated carbocycles. The molecule has 3 heterocycles. The van der Waals surface area contributed by atoms with Crippen molar-refractivity contribution in [3.8, 4) is 17.6 Å². The van der Waals surface area contributed by atoms with E-state index in [1.807, 2.05) is 36.4 Å². The quantitative estimate of drug-likeness (QED) is 0.0431. The van der Waals surface area contributed by atoms with Crippen LogP contribution < -0.4 is 20.3 Å². The van der Waals surface area contributed by atoms with E-state index in [0.717, 1.165) is 26.2 Å². The number of fused-ring (bicyclic) bond motifs is 3. The van der Waals surface area contributed by atoms with Gasteiger partial charge in [-0.2, -0.15) is 0 Å². The predicted octanol–water partition coefficient (Wildman–Crippen LogP) is 5.18. The number of benzene rings is 5. The van der Waals surface area contributed by atoms with Crippen LogP contribution in [0.4, 0.5) is 10.5 Å². The predicted molar refractivity (Wildman–Crippen MR) is 274 cm³/mol. The highest BCUT2D eigenvalue weighted by Gasteiger charge is 2.76. The van der Waals surface area contributed by atoms with Crippen LogP contribution in [0.5, 0.6) is 5.75 Å². The Hall–Kier alpha value is -8.37. The minimum Gasteiger partial charge on any atom is -0.491 e. The van der Waals surface area contributed by atoms with Gasteiger partial charge < -0.3 is 44.5 Å². The van der Waals surface area contributed by atoms with Gasteiger partial charge in [-0.15, -0.1) is 0 Å². The molecule has 76 heavy (non-hydrogen) atoms. The number of cyclic esters (lactones) is 1. The van der Waals surface area contributed by atoms with Crippen LogP contribution in [-0.2, 0) is 53.1 Å². The van der Waals surface area contributed by atoms with Crippen LogP contribution in [0.15, 0.2) is 133 Å². The number of nitrogens with zero attached hydrogens (tertiary/aromatic N) is 2. The summed E-state index contributed by atoms with van der Waals surface area (Å²) in [7, 11) is 3.40. The van der Waals surface area contributed by atoms with Gasteiger partial charge in [-0.25, -0.2) is 14.5 Å². The second kappa shape index (κ2) is 23.4. The number of rotatable bonds is 16. The van der Waals surface area contributed by atoms with Crippen molar-refractivity contribution in [2.45, 2.75) is 62.1 Å². The summed E-state index contributed by atoms with van der Waals surface area (Å²) in [4.78, 5) is 105. The number of carbonyl (C=O) groups is 7. The van der Waals surface area contributed by atoms with E-state index in [9.17, 15) is 24.6 Å². The van der Waals surface area contributed by atoms with E-state index in [-0.39, 0.29) is 47.7 Å². The molecule has 8 rings (SSSR count). The van der Waals surface area contributed by atoms with E-state index < -0.39 is 108 Å². The molecule has 18 nitrogen and oxygen atoms in total. The van der Waals surface area contributed by atoms with Crippen molar-refractivity contribution in [3.63, 3.8) is 0 Å². The molecule has 8 atom stereocenters. The maximum Gasteiger partial charge on any atom is 0.329 e. The van der Waals surface area contributed by atoms with Crippen LogP contribution >= 0.6 is 0 Å². The number of aliphatic hydroxyl groups is 2. The number of methoxy groups -OCH3 is 3.